The van der Waals surface area contributed by atoms with Crippen LogP contribution in [0.25, 0.3) is 22.3 Å². The van der Waals surface area contributed by atoms with Gasteiger partial charge in [0.25, 0.3) is 0 Å². The molecule has 32 heavy (non-hydrogen) atoms. The van der Waals surface area contributed by atoms with Crippen LogP contribution in [-0.2, 0) is 0 Å². The van der Waals surface area contributed by atoms with Crippen LogP contribution >= 0.6 is 0 Å². The predicted molar refractivity (Wildman–Crippen MR) is 139 cm³/mol. The van der Waals surface area contributed by atoms with Crippen molar-refractivity contribution in [2.75, 3.05) is 0 Å². The zero-order chi connectivity index (χ0) is 22.2. The van der Waals surface area contributed by atoms with Crippen LogP contribution in [0.5, 0.6) is 0 Å². The van der Waals surface area contributed by atoms with Crippen LogP contribution in [0.3, 0.4) is 0 Å². The molecule has 0 saturated carbocycles. The minimum Gasteiger partial charge on any atom is -0.0617 e. The second kappa shape index (κ2) is 8.28. The summed E-state index contributed by atoms with van der Waals surface area (Å²) in [4.78, 5) is 0. The summed E-state index contributed by atoms with van der Waals surface area (Å²) >= 11 is 0. The van der Waals surface area contributed by atoms with Gasteiger partial charge in [0.05, 0.1) is 0 Å². The van der Waals surface area contributed by atoms with E-state index in [9.17, 15) is 0 Å². The summed E-state index contributed by atoms with van der Waals surface area (Å²) in [6, 6.07) is 22.3. The minimum absolute atomic E-state index is 1.00. The summed E-state index contributed by atoms with van der Waals surface area (Å²) < 4.78 is 0. The van der Waals surface area contributed by atoms with E-state index in [0.717, 1.165) is 12.8 Å². The highest BCUT2D eigenvalue weighted by Crippen LogP contribution is 2.39. The van der Waals surface area contributed by atoms with Crippen molar-refractivity contribution in [3.05, 3.63) is 129 Å². The molecule has 0 N–H and O–H groups in total. The Morgan fingerprint density at radius 3 is 1.19 bits per heavy atom. The molecular weight excluding hydrogens is 384 g/mol. The molecular formula is C32H30. The third-order valence-electron chi connectivity index (χ3n) is 6.94. The maximum atomic E-state index is 2.38. The Balaban J connectivity index is 1.35. The van der Waals surface area contributed by atoms with Gasteiger partial charge in [-0.1, -0.05) is 78.9 Å². The molecule has 0 heteroatoms. The second-order valence-electron chi connectivity index (χ2n) is 9.24. The van der Waals surface area contributed by atoms with Gasteiger partial charge in [-0.3, -0.25) is 0 Å². The van der Waals surface area contributed by atoms with Gasteiger partial charge in [-0.15, -0.1) is 0 Å². The average Bonchev–Trinajstić information content (AvgIpc) is 3.44. The lowest BCUT2D eigenvalue weighted by Gasteiger charge is -2.14. The molecule has 3 aromatic rings. The molecule has 0 aliphatic heterocycles. The van der Waals surface area contributed by atoms with Gasteiger partial charge in [0.15, 0.2) is 0 Å². The second-order valence-corrected chi connectivity index (χ2v) is 9.24. The topological polar surface area (TPSA) is 0 Å². The first-order chi connectivity index (χ1) is 15.5. The molecule has 0 saturated heterocycles. The van der Waals surface area contributed by atoms with E-state index < -0.39 is 0 Å². The predicted octanol–water partition coefficient (Wildman–Crippen LogP) is 8.66. The SMILES string of the molecule is Cc1cccc(C)c1C1=CC=C(c2cccc(C3=CC=C(c4c(C)cccc4C)C3)c2)C1. The molecule has 0 unspecified atom stereocenters. The molecule has 0 aromatic heterocycles. The van der Waals surface area contributed by atoms with Gasteiger partial charge < -0.3 is 0 Å². The smallest absolute Gasteiger partial charge is 0.00137 e. The van der Waals surface area contributed by atoms with E-state index in [4.69, 9.17) is 0 Å². The van der Waals surface area contributed by atoms with Crippen molar-refractivity contribution in [3.63, 3.8) is 0 Å². The van der Waals surface area contributed by atoms with Crippen molar-refractivity contribution in [2.45, 2.75) is 40.5 Å². The Morgan fingerprint density at radius 1 is 0.438 bits per heavy atom. The number of benzene rings is 3. The van der Waals surface area contributed by atoms with Gasteiger partial charge in [-0.2, -0.15) is 0 Å². The van der Waals surface area contributed by atoms with Crippen LogP contribution in [0, 0.1) is 27.7 Å². The van der Waals surface area contributed by atoms with Crippen molar-refractivity contribution in [1.29, 1.82) is 0 Å². The first kappa shape index (κ1) is 20.5. The number of aryl methyl sites for hydroxylation is 4. The molecule has 0 bridgehead atoms. The van der Waals surface area contributed by atoms with E-state index in [2.05, 4.69) is 113 Å². The normalized spacial score (nSPS) is 15.4. The molecule has 0 heterocycles. The third kappa shape index (κ3) is 3.71. The number of hydrogen-bond acceptors (Lipinski definition) is 0. The summed E-state index contributed by atoms with van der Waals surface area (Å²) in [7, 11) is 0. The Kier molecular flexibility index (Phi) is 5.31. The number of rotatable bonds is 4. The van der Waals surface area contributed by atoms with E-state index >= 15 is 0 Å². The molecule has 0 atom stereocenters. The molecule has 0 spiro atoms. The number of hydrogen-bond donors (Lipinski definition) is 0. The standard InChI is InChI=1S/C32H30/c1-21-8-5-9-22(2)31(21)29-16-14-27(19-29)25-12-7-13-26(18-25)28-15-17-30(20-28)32-23(3)10-6-11-24(32)4/h5-18H,19-20H2,1-4H3. The fraction of sp³-hybridized carbons (Fsp3) is 0.188. The zero-order valence-electron chi connectivity index (χ0n) is 19.5. The fourth-order valence-electron chi connectivity index (χ4n) is 5.35. The maximum absolute atomic E-state index is 2.38. The van der Waals surface area contributed by atoms with Crippen LogP contribution in [-0.4, -0.2) is 0 Å². The van der Waals surface area contributed by atoms with E-state index in [0.29, 0.717) is 0 Å². The van der Waals surface area contributed by atoms with Crippen molar-refractivity contribution in [2.24, 2.45) is 0 Å². The summed E-state index contributed by atoms with van der Waals surface area (Å²) in [6.07, 6.45) is 11.2. The molecule has 0 fully saturated rings. The summed E-state index contributed by atoms with van der Waals surface area (Å²) in [5.74, 6) is 0. The van der Waals surface area contributed by atoms with Gasteiger partial charge in [-0.25, -0.2) is 0 Å². The molecule has 2 aliphatic carbocycles. The lowest BCUT2D eigenvalue weighted by atomic mass is 9.90. The molecule has 3 aromatic carbocycles. The summed E-state index contributed by atoms with van der Waals surface area (Å²) in [6.45, 7) is 8.87. The summed E-state index contributed by atoms with van der Waals surface area (Å²) in [5.41, 5.74) is 16.6. The van der Waals surface area contributed by atoms with Gasteiger partial charge in [-0.05, 0) is 113 Å². The molecule has 0 amide bonds. The Morgan fingerprint density at radius 2 is 0.781 bits per heavy atom. The number of allylic oxidation sites excluding steroid dienone is 8. The van der Waals surface area contributed by atoms with Gasteiger partial charge in [0.2, 0.25) is 0 Å². The largest absolute Gasteiger partial charge is 0.0617 e. The molecule has 0 nitrogen and oxygen atoms in total. The van der Waals surface area contributed by atoms with Crippen LogP contribution in [0.1, 0.15) is 57.3 Å². The molecule has 0 radical (unpaired) electrons. The van der Waals surface area contributed by atoms with Gasteiger partial charge >= 0.3 is 0 Å². The highest BCUT2D eigenvalue weighted by molar-refractivity contribution is 5.91. The Hall–Kier alpha value is -3.38. The lowest BCUT2D eigenvalue weighted by molar-refractivity contribution is 1.30. The quantitative estimate of drug-likeness (QED) is 0.400. The molecule has 2 aliphatic rings. The van der Waals surface area contributed by atoms with E-state index in [1.54, 1.807) is 0 Å². The van der Waals surface area contributed by atoms with Crippen molar-refractivity contribution in [3.8, 4) is 0 Å². The Bertz CT molecular complexity index is 1200. The van der Waals surface area contributed by atoms with Crippen molar-refractivity contribution in [1.82, 2.24) is 0 Å². The third-order valence-corrected chi connectivity index (χ3v) is 6.94. The van der Waals surface area contributed by atoms with Crippen molar-refractivity contribution >= 4 is 22.3 Å². The highest BCUT2D eigenvalue weighted by Gasteiger charge is 2.18. The average molecular weight is 415 g/mol. The minimum atomic E-state index is 1.00. The van der Waals surface area contributed by atoms with Crippen LogP contribution in [0.4, 0.5) is 0 Å². The van der Waals surface area contributed by atoms with Gasteiger partial charge in [0.1, 0.15) is 0 Å². The highest BCUT2D eigenvalue weighted by atomic mass is 14.2. The monoisotopic (exact) mass is 414 g/mol. The molecule has 158 valence electrons. The lowest BCUT2D eigenvalue weighted by Crippen LogP contribution is -1.94. The fourth-order valence-corrected chi connectivity index (χ4v) is 5.35. The van der Waals surface area contributed by atoms with Crippen LogP contribution < -0.4 is 0 Å². The maximum Gasteiger partial charge on any atom is -0.00137 e. The van der Waals surface area contributed by atoms with Crippen molar-refractivity contribution < 1.29 is 0 Å². The zero-order valence-corrected chi connectivity index (χ0v) is 19.5. The van der Waals surface area contributed by atoms with E-state index in [1.807, 2.05) is 0 Å². The van der Waals surface area contributed by atoms with Crippen LogP contribution in [0.15, 0.2) is 85.0 Å². The first-order valence-corrected chi connectivity index (χ1v) is 11.5. The first-order valence-electron chi connectivity index (χ1n) is 11.5. The van der Waals surface area contributed by atoms with E-state index in [-0.39, 0.29) is 0 Å². The molecule has 5 rings (SSSR count). The van der Waals surface area contributed by atoms with E-state index in [1.165, 1.54) is 66.8 Å². The Labute approximate surface area is 192 Å². The summed E-state index contributed by atoms with van der Waals surface area (Å²) in [5, 5.41) is 0. The van der Waals surface area contributed by atoms with Crippen LogP contribution in [0.2, 0.25) is 0 Å². The van der Waals surface area contributed by atoms with Gasteiger partial charge in [0, 0.05) is 0 Å².